The molecule has 1 heterocycles. The fourth-order valence-electron chi connectivity index (χ4n) is 8.61. The summed E-state index contributed by atoms with van der Waals surface area (Å²) in [6.07, 6.45) is 60.5. The number of unbranched alkanes of at least 4 members (excludes halogenated alkanes) is 24. The highest BCUT2D eigenvalue weighted by atomic mass is 32.3. The van der Waals surface area contributed by atoms with Crippen molar-refractivity contribution < 1.29 is 56.2 Å². The molecule has 1 rings (SSSR count). The van der Waals surface area contributed by atoms with Crippen LogP contribution in [0.25, 0.3) is 0 Å². The van der Waals surface area contributed by atoms with Crippen molar-refractivity contribution in [2.45, 2.75) is 269 Å². The van der Waals surface area contributed by atoms with Gasteiger partial charge in [-0.1, -0.05) is 221 Å². The van der Waals surface area contributed by atoms with E-state index in [9.17, 15) is 33.1 Å². The first kappa shape index (κ1) is 69.3. The Kier molecular flexibility index (Phi) is 47.8. The minimum Gasteiger partial charge on any atom is -0.457 e. The number of ether oxygens (including phenoxy) is 4. The number of hydrogen-bond acceptors (Lipinski definition) is 11. The second kappa shape index (κ2) is 51.1. The van der Waals surface area contributed by atoms with Crippen LogP contribution in [0.3, 0.4) is 0 Å². The SMILES string of the molecule is CC/C=C\C/C=C\C/C=C\C/C=C\C/C=C\CCCCCCCC(=O)OC(COCCCCCCCCCCCCCCCC/C=C\C/C=C\CCCCCCC)COC1OC(CO)C(O)C(OS(=O)(=O)O)C1O. The molecule has 6 atom stereocenters. The van der Waals surface area contributed by atoms with Crippen molar-refractivity contribution in [2.75, 3.05) is 26.4 Å². The Bertz CT molecular complexity index is 1600. The third-order valence-corrected chi connectivity index (χ3v) is 13.5. The van der Waals surface area contributed by atoms with Crippen LogP contribution in [0.4, 0.5) is 0 Å². The van der Waals surface area contributed by atoms with Crippen molar-refractivity contribution in [3.05, 3.63) is 85.1 Å². The summed E-state index contributed by atoms with van der Waals surface area (Å²) < 4.78 is 59.4. The van der Waals surface area contributed by atoms with Crippen LogP contribution in [0.15, 0.2) is 85.1 Å². The predicted molar refractivity (Wildman–Crippen MR) is 303 cm³/mol. The molecule has 13 heteroatoms. The molecule has 0 aromatic carbocycles. The minimum absolute atomic E-state index is 0.0240. The summed E-state index contributed by atoms with van der Waals surface area (Å²) in [6.45, 7) is 3.86. The standard InChI is InChI=1S/C61H106O12S/c1-3-5-7-9-11-13-15-17-19-21-23-25-26-27-28-29-31-33-35-37-39-41-43-45-47-49-51-69-53-55(54-70-61-59(65)60(73-74(66,67)68)58(64)56(52-62)72-61)71-57(63)50-48-46-44-42-40-38-36-34-32-30-24-22-20-18-16-14-12-10-8-6-4-2/h6,8,12,14-15,17-18,20-21,23-24,30,34,36,55-56,58-62,64-65H,3-5,7,9-11,13,16,19,22,25-29,31-33,35,37-54H2,1-2H3,(H,66,67,68)/b8-6-,14-12-,17-15-,20-18-,23-21-,30-24-,36-34-. The van der Waals surface area contributed by atoms with Crippen molar-refractivity contribution in [3.8, 4) is 0 Å². The quantitative estimate of drug-likeness (QED) is 0.0196. The van der Waals surface area contributed by atoms with Crippen molar-refractivity contribution in [1.29, 1.82) is 0 Å². The van der Waals surface area contributed by atoms with Crippen molar-refractivity contribution in [2.24, 2.45) is 0 Å². The van der Waals surface area contributed by atoms with Gasteiger partial charge in [-0.05, 0) is 89.9 Å². The molecule has 6 unspecified atom stereocenters. The molecule has 0 aromatic rings. The topological polar surface area (TPSA) is 178 Å². The van der Waals surface area contributed by atoms with Crippen LogP contribution < -0.4 is 0 Å². The number of esters is 1. The zero-order valence-corrected chi connectivity index (χ0v) is 47.2. The Morgan fingerprint density at radius 3 is 1.36 bits per heavy atom. The average Bonchev–Trinajstić information content (AvgIpc) is 3.38. The summed E-state index contributed by atoms with van der Waals surface area (Å²) in [5, 5.41) is 30.9. The molecule has 1 aliphatic rings. The number of carbonyl (C=O) groups excluding carboxylic acids is 1. The van der Waals surface area contributed by atoms with Gasteiger partial charge in [0.1, 0.15) is 30.5 Å². The largest absolute Gasteiger partial charge is 0.457 e. The molecule has 1 saturated heterocycles. The molecule has 0 aromatic heterocycles. The number of carbonyl (C=O) groups is 1. The van der Waals surface area contributed by atoms with Crippen LogP contribution >= 0.6 is 0 Å². The Balaban J connectivity index is 2.30. The molecule has 428 valence electrons. The van der Waals surface area contributed by atoms with E-state index in [4.69, 9.17) is 18.9 Å². The number of rotatable bonds is 51. The third-order valence-electron chi connectivity index (χ3n) is 13.0. The van der Waals surface area contributed by atoms with Gasteiger partial charge in [-0.3, -0.25) is 9.35 Å². The summed E-state index contributed by atoms with van der Waals surface area (Å²) in [5.74, 6) is -0.418. The second-order valence-electron chi connectivity index (χ2n) is 19.8. The zero-order chi connectivity index (χ0) is 53.8. The number of hydrogen-bond donors (Lipinski definition) is 4. The molecule has 0 saturated carbocycles. The molecule has 4 N–H and O–H groups in total. The Morgan fingerprint density at radius 2 is 0.932 bits per heavy atom. The Labute approximate surface area is 451 Å². The second-order valence-corrected chi connectivity index (χ2v) is 20.9. The van der Waals surface area contributed by atoms with Crippen LogP contribution in [0.1, 0.15) is 232 Å². The van der Waals surface area contributed by atoms with E-state index in [0.29, 0.717) is 13.0 Å². The monoisotopic (exact) mass is 1060 g/mol. The first-order chi connectivity index (χ1) is 36.1. The van der Waals surface area contributed by atoms with Gasteiger partial charge in [0, 0.05) is 13.0 Å². The molecular weight excluding hydrogens is 957 g/mol. The van der Waals surface area contributed by atoms with E-state index in [1.165, 1.54) is 116 Å². The van der Waals surface area contributed by atoms with Gasteiger partial charge in [-0.15, -0.1) is 0 Å². The molecule has 0 bridgehead atoms. The zero-order valence-electron chi connectivity index (χ0n) is 46.4. The normalized spacial score (nSPS) is 19.4. The van der Waals surface area contributed by atoms with E-state index in [1.807, 2.05) is 0 Å². The Morgan fingerprint density at radius 1 is 0.527 bits per heavy atom. The van der Waals surface area contributed by atoms with Crippen molar-refractivity contribution >= 4 is 16.4 Å². The number of aliphatic hydroxyl groups excluding tert-OH is 3. The average molecular weight is 1060 g/mol. The minimum atomic E-state index is -5.08. The lowest BCUT2D eigenvalue weighted by atomic mass is 9.99. The molecule has 1 fully saturated rings. The fraction of sp³-hybridized carbons (Fsp3) is 0.754. The van der Waals surface area contributed by atoms with E-state index < -0.39 is 59.8 Å². The van der Waals surface area contributed by atoms with Crippen molar-refractivity contribution in [3.63, 3.8) is 0 Å². The van der Waals surface area contributed by atoms with Crippen LogP contribution in [0.5, 0.6) is 0 Å². The lowest BCUT2D eigenvalue weighted by Crippen LogP contribution is -2.60. The summed E-state index contributed by atoms with van der Waals surface area (Å²) in [7, 11) is -5.08. The molecule has 0 aliphatic carbocycles. The molecule has 0 radical (unpaired) electrons. The van der Waals surface area contributed by atoms with Gasteiger partial charge in [0.25, 0.3) is 0 Å². The van der Waals surface area contributed by atoms with Crippen LogP contribution in [-0.2, 0) is 38.3 Å². The van der Waals surface area contributed by atoms with Gasteiger partial charge in [-0.25, -0.2) is 4.18 Å². The van der Waals surface area contributed by atoms with E-state index in [-0.39, 0.29) is 19.6 Å². The molecule has 0 spiro atoms. The van der Waals surface area contributed by atoms with Gasteiger partial charge in [-0.2, -0.15) is 8.42 Å². The summed E-state index contributed by atoms with van der Waals surface area (Å²) in [4.78, 5) is 13.0. The van der Waals surface area contributed by atoms with Gasteiger partial charge < -0.3 is 34.3 Å². The van der Waals surface area contributed by atoms with Gasteiger partial charge in [0.15, 0.2) is 6.29 Å². The first-order valence-corrected chi connectivity index (χ1v) is 30.7. The first-order valence-electron chi connectivity index (χ1n) is 29.3. The molecule has 74 heavy (non-hydrogen) atoms. The maximum absolute atomic E-state index is 13.0. The van der Waals surface area contributed by atoms with Gasteiger partial charge in [0.05, 0.1) is 19.8 Å². The summed E-state index contributed by atoms with van der Waals surface area (Å²) >= 11 is 0. The molecular formula is C61H106O12S. The number of aliphatic hydroxyl groups is 3. The number of allylic oxidation sites excluding steroid dienone is 14. The third kappa shape index (κ3) is 43.4. The van der Waals surface area contributed by atoms with E-state index in [2.05, 4.69) is 103 Å². The molecule has 12 nitrogen and oxygen atoms in total. The van der Waals surface area contributed by atoms with Crippen LogP contribution in [0.2, 0.25) is 0 Å². The van der Waals surface area contributed by atoms with E-state index in [1.54, 1.807) is 0 Å². The van der Waals surface area contributed by atoms with Gasteiger partial charge >= 0.3 is 16.4 Å². The summed E-state index contributed by atoms with van der Waals surface area (Å²) in [5.41, 5.74) is 0. The Hall–Kier alpha value is -2.72. The van der Waals surface area contributed by atoms with E-state index >= 15 is 0 Å². The van der Waals surface area contributed by atoms with Gasteiger partial charge in [0.2, 0.25) is 0 Å². The smallest absolute Gasteiger partial charge is 0.397 e. The van der Waals surface area contributed by atoms with Crippen LogP contribution in [-0.4, -0.2) is 97.5 Å². The molecule has 1 aliphatic heterocycles. The van der Waals surface area contributed by atoms with Crippen molar-refractivity contribution in [1.82, 2.24) is 0 Å². The molecule has 0 amide bonds. The highest BCUT2D eigenvalue weighted by Crippen LogP contribution is 2.26. The highest BCUT2D eigenvalue weighted by molar-refractivity contribution is 7.80. The lowest BCUT2D eigenvalue weighted by molar-refractivity contribution is -0.301. The summed E-state index contributed by atoms with van der Waals surface area (Å²) in [6, 6.07) is 0. The van der Waals surface area contributed by atoms with E-state index in [0.717, 1.165) is 89.9 Å². The maximum Gasteiger partial charge on any atom is 0.397 e. The van der Waals surface area contributed by atoms with Crippen LogP contribution in [0, 0.1) is 0 Å². The maximum atomic E-state index is 13.0. The lowest BCUT2D eigenvalue weighted by Gasteiger charge is -2.41. The predicted octanol–water partition coefficient (Wildman–Crippen LogP) is 14.8. The highest BCUT2D eigenvalue weighted by Gasteiger charge is 2.48. The fourth-order valence-corrected chi connectivity index (χ4v) is 9.12.